The van der Waals surface area contributed by atoms with Gasteiger partial charge in [-0.05, 0) is 44.5 Å². The lowest BCUT2D eigenvalue weighted by Crippen LogP contribution is -2.38. The van der Waals surface area contributed by atoms with Crippen LogP contribution in [0.4, 0.5) is 4.39 Å². The van der Waals surface area contributed by atoms with Crippen LogP contribution in [-0.4, -0.2) is 47.9 Å². The van der Waals surface area contributed by atoms with Crippen LogP contribution in [0.3, 0.4) is 0 Å². The van der Waals surface area contributed by atoms with Gasteiger partial charge in [0.05, 0.1) is 6.04 Å². The number of hydrogen-bond acceptors (Lipinski definition) is 3. The molecule has 114 valence electrons. The number of hydrogen-bond donors (Lipinski definition) is 1. The van der Waals surface area contributed by atoms with E-state index >= 15 is 0 Å². The van der Waals surface area contributed by atoms with E-state index < -0.39 is 0 Å². The lowest BCUT2D eigenvalue weighted by Gasteiger charge is -2.27. The van der Waals surface area contributed by atoms with E-state index in [1.165, 1.54) is 25.0 Å². The van der Waals surface area contributed by atoms with E-state index in [9.17, 15) is 9.18 Å². The Morgan fingerprint density at radius 1 is 1.33 bits per heavy atom. The normalized spacial score (nSPS) is 25.9. The van der Waals surface area contributed by atoms with Crippen molar-refractivity contribution in [2.75, 3.05) is 20.1 Å². The summed E-state index contributed by atoms with van der Waals surface area (Å²) in [5, 5.41) is 3.29. The van der Waals surface area contributed by atoms with Crippen LogP contribution in [0.25, 0.3) is 0 Å². The summed E-state index contributed by atoms with van der Waals surface area (Å²) < 4.78 is 13.1. The van der Waals surface area contributed by atoms with Gasteiger partial charge in [0, 0.05) is 19.1 Å². The van der Waals surface area contributed by atoms with Crippen LogP contribution in [0.15, 0.2) is 24.3 Å². The molecule has 2 fully saturated rings. The zero-order valence-electron chi connectivity index (χ0n) is 12.6. The van der Waals surface area contributed by atoms with Crippen LogP contribution in [0, 0.1) is 5.82 Å². The summed E-state index contributed by atoms with van der Waals surface area (Å²) in [7, 11) is 2.11. The van der Waals surface area contributed by atoms with Crippen LogP contribution in [-0.2, 0) is 4.79 Å². The highest BCUT2D eigenvalue weighted by Gasteiger charge is 2.37. The van der Waals surface area contributed by atoms with E-state index in [0.717, 1.165) is 12.1 Å². The molecule has 5 heteroatoms. The van der Waals surface area contributed by atoms with Gasteiger partial charge < -0.3 is 9.80 Å². The van der Waals surface area contributed by atoms with Crippen molar-refractivity contribution < 1.29 is 9.18 Å². The number of amides is 1. The fourth-order valence-corrected chi connectivity index (χ4v) is 2.90. The number of benzene rings is 1. The number of rotatable bonds is 5. The van der Waals surface area contributed by atoms with Gasteiger partial charge in [0.2, 0.25) is 5.91 Å². The van der Waals surface area contributed by atoms with Gasteiger partial charge in [-0.2, -0.15) is 0 Å². The predicted molar refractivity (Wildman–Crippen MR) is 79.1 cm³/mol. The molecule has 1 saturated carbocycles. The average Bonchev–Trinajstić information content (AvgIpc) is 3.27. The molecule has 4 nitrogen and oxygen atoms in total. The second-order valence-corrected chi connectivity index (χ2v) is 6.09. The first-order valence-electron chi connectivity index (χ1n) is 7.58. The molecule has 1 aliphatic carbocycles. The molecule has 1 aliphatic heterocycles. The van der Waals surface area contributed by atoms with Crippen LogP contribution in [0.1, 0.15) is 31.5 Å². The molecule has 1 heterocycles. The van der Waals surface area contributed by atoms with E-state index in [4.69, 9.17) is 0 Å². The zero-order chi connectivity index (χ0) is 15.0. The fraction of sp³-hybridized carbons (Fsp3) is 0.562. The van der Waals surface area contributed by atoms with Crippen LogP contribution < -0.4 is 5.32 Å². The molecule has 21 heavy (non-hydrogen) atoms. The van der Waals surface area contributed by atoms with Crippen molar-refractivity contribution in [3.05, 3.63) is 35.6 Å². The summed E-state index contributed by atoms with van der Waals surface area (Å²) in [5.74, 6) is -0.135. The highest BCUT2D eigenvalue weighted by atomic mass is 19.1. The molecule has 0 bridgehead atoms. The molecule has 2 atom stereocenters. The molecular weight excluding hydrogens is 269 g/mol. The summed E-state index contributed by atoms with van der Waals surface area (Å²) >= 11 is 0. The molecule has 0 radical (unpaired) electrons. The van der Waals surface area contributed by atoms with Crippen molar-refractivity contribution >= 4 is 5.91 Å². The Labute approximate surface area is 124 Å². The third-order valence-electron chi connectivity index (χ3n) is 4.42. The smallest absolute Gasteiger partial charge is 0.241 e. The Morgan fingerprint density at radius 2 is 2.00 bits per heavy atom. The largest absolute Gasteiger partial charge is 0.320 e. The first-order valence-corrected chi connectivity index (χ1v) is 7.58. The number of halogens is 1. The van der Waals surface area contributed by atoms with Gasteiger partial charge in [0.25, 0.3) is 0 Å². The average molecular weight is 291 g/mol. The third kappa shape index (κ3) is 3.09. The van der Waals surface area contributed by atoms with Gasteiger partial charge in [-0.1, -0.05) is 12.1 Å². The van der Waals surface area contributed by atoms with Gasteiger partial charge in [-0.3, -0.25) is 10.1 Å². The van der Waals surface area contributed by atoms with Crippen LogP contribution in [0.2, 0.25) is 0 Å². The molecule has 1 aromatic carbocycles. The maximum Gasteiger partial charge on any atom is 0.241 e. The van der Waals surface area contributed by atoms with Gasteiger partial charge >= 0.3 is 0 Å². The summed E-state index contributed by atoms with van der Waals surface area (Å²) in [5.41, 5.74) is 0.933. The van der Waals surface area contributed by atoms with Crippen molar-refractivity contribution in [1.29, 1.82) is 0 Å². The van der Waals surface area contributed by atoms with Crippen molar-refractivity contribution in [1.82, 2.24) is 15.1 Å². The second-order valence-electron chi connectivity index (χ2n) is 6.09. The molecule has 1 aromatic rings. The SMILES string of the molecule is CC1NC(c2ccc(F)cc2)N(CCN(C)C2CC2)C1=O. The minimum absolute atomic E-state index is 0.119. The highest BCUT2D eigenvalue weighted by Crippen LogP contribution is 2.27. The van der Waals surface area contributed by atoms with E-state index in [0.29, 0.717) is 12.6 Å². The van der Waals surface area contributed by atoms with Crippen molar-refractivity contribution in [2.45, 2.75) is 38.0 Å². The molecule has 0 spiro atoms. The Bertz CT molecular complexity index is 515. The number of nitrogens with one attached hydrogen (secondary N) is 1. The van der Waals surface area contributed by atoms with Crippen molar-refractivity contribution in [3.63, 3.8) is 0 Å². The summed E-state index contributed by atoms with van der Waals surface area (Å²) in [6, 6.07) is 6.88. The second kappa shape index (κ2) is 5.73. The van der Waals surface area contributed by atoms with E-state index in [1.807, 2.05) is 11.8 Å². The van der Waals surface area contributed by atoms with Gasteiger partial charge in [-0.25, -0.2) is 4.39 Å². The molecule has 2 aliphatic rings. The first kappa shape index (κ1) is 14.5. The Kier molecular flexibility index (Phi) is 3.95. The number of carbonyl (C=O) groups is 1. The van der Waals surface area contributed by atoms with E-state index in [-0.39, 0.29) is 23.9 Å². The molecule has 0 aromatic heterocycles. The molecule has 3 rings (SSSR count). The number of nitrogens with zero attached hydrogens (tertiary/aromatic N) is 2. The number of likely N-dealkylation sites (N-methyl/N-ethyl adjacent to an activating group) is 1. The fourth-order valence-electron chi connectivity index (χ4n) is 2.90. The topological polar surface area (TPSA) is 35.6 Å². The molecule has 1 amide bonds. The first-order chi connectivity index (χ1) is 10.1. The lowest BCUT2D eigenvalue weighted by atomic mass is 10.1. The Morgan fingerprint density at radius 3 is 2.62 bits per heavy atom. The minimum atomic E-state index is -0.254. The molecule has 2 unspecified atom stereocenters. The Hall–Kier alpha value is -1.46. The summed E-state index contributed by atoms with van der Waals surface area (Å²) in [4.78, 5) is 16.5. The molecule has 1 saturated heterocycles. The number of carbonyl (C=O) groups excluding carboxylic acids is 1. The minimum Gasteiger partial charge on any atom is -0.320 e. The maximum atomic E-state index is 13.1. The van der Waals surface area contributed by atoms with E-state index in [1.54, 1.807) is 12.1 Å². The maximum absolute atomic E-state index is 13.1. The quantitative estimate of drug-likeness (QED) is 0.897. The Balaban J connectivity index is 1.70. The summed E-state index contributed by atoms with van der Waals surface area (Å²) in [6.45, 7) is 3.46. The van der Waals surface area contributed by atoms with Gasteiger partial charge in [-0.15, -0.1) is 0 Å². The predicted octanol–water partition coefficient (Wildman–Crippen LogP) is 1.74. The lowest BCUT2D eigenvalue weighted by molar-refractivity contribution is -0.130. The molecular formula is C16H22FN3O. The van der Waals surface area contributed by atoms with Gasteiger partial charge in [0.15, 0.2) is 0 Å². The highest BCUT2D eigenvalue weighted by molar-refractivity contribution is 5.84. The summed E-state index contributed by atoms with van der Waals surface area (Å²) in [6.07, 6.45) is 2.38. The van der Waals surface area contributed by atoms with Crippen LogP contribution in [0.5, 0.6) is 0 Å². The zero-order valence-corrected chi connectivity index (χ0v) is 12.6. The third-order valence-corrected chi connectivity index (χ3v) is 4.42. The van der Waals surface area contributed by atoms with Crippen molar-refractivity contribution in [3.8, 4) is 0 Å². The van der Waals surface area contributed by atoms with E-state index in [2.05, 4.69) is 17.3 Å². The van der Waals surface area contributed by atoms with Gasteiger partial charge in [0.1, 0.15) is 12.0 Å². The monoisotopic (exact) mass is 291 g/mol. The van der Waals surface area contributed by atoms with Crippen LogP contribution >= 0.6 is 0 Å². The molecule has 1 N–H and O–H groups in total. The standard InChI is InChI=1S/C16H22FN3O/c1-11-16(21)20(10-9-19(2)14-7-8-14)15(18-11)12-3-5-13(17)6-4-12/h3-6,11,14-15,18H,7-10H2,1-2H3. The van der Waals surface area contributed by atoms with Crippen molar-refractivity contribution in [2.24, 2.45) is 0 Å².